The van der Waals surface area contributed by atoms with Crippen molar-refractivity contribution in [2.75, 3.05) is 18.1 Å². The van der Waals surface area contributed by atoms with Crippen molar-refractivity contribution in [1.29, 1.82) is 0 Å². The quantitative estimate of drug-likeness (QED) is 0.619. The molecule has 1 aromatic carbocycles. The average molecular weight is 362 g/mol. The number of aliphatic imine (C=N–C) groups is 1. The second-order valence-corrected chi connectivity index (χ2v) is 8.18. The number of hydrogen-bond donors (Lipinski definition) is 2. The second-order valence-electron chi connectivity index (χ2n) is 5.95. The summed E-state index contributed by atoms with van der Waals surface area (Å²) >= 11 is 0. The fourth-order valence-corrected chi connectivity index (χ4v) is 4.35. The summed E-state index contributed by atoms with van der Waals surface area (Å²) < 4.78 is 28.7. The van der Waals surface area contributed by atoms with Crippen molar-refractivity contribution in [2.24, 2.45) is 4.99 Å². The molecule has 0 saturated carbocycles. The molecule has 1 unspecified atom stereocenters. The van der Waals surface area contributed by atoms with Gasteiger partial charge in [0.2, 0.25) is 5.89 Å². The molecule has 0 spiro atoms. The van der Waals surface area contributed by atoms with Crippen LogP contribution in [0.15, 0.2) is 46.0 Å². The Balaban J connectivity index is 1.65. The van der Waals surface area contributed by atoms with Crippen molar-refractivity contribution < 1.29 is 12.8 Å². The van der Waals surface area contributed by atoms with Crippen LogP contribution < -0.4 is 10.6 Å². The van der Waals surface area contributed by atoms with Crippen LogP contribution in [0.3, 0.4) is 0 Å². The Hall–Kier alpha value is -2.35. The SMILES string of the molecule is CCNC(=NCc1coc(-c2ccccc2)n1)NC1CCS(=O)(=O)C1. The van der Waals surface area contributed by atoms with Crippen LogP contribution in [0.5, 0.6) is 0 Å². The van der Waals surface area contributed by atoms with Gasteiger partial charge in [0.25, 0.3) is 0 Å². The summed E-state index contributed by atoms with van der Waals surface area (Å²) in [7, 11) is -2.92. The van der Waals surface area contributed by atoms with Gasteiger partial charge in [-0.15, -0.1) is 0 Å². The molecule has 2 N–H and O–H groups in total. The number of nitrogens with zero attached hydrogens (tertiary/aromatic N) is 2. The minimum Gasteiger partial charge on any atom is -0.444 e. The smallest absolute Gasteiger partial charge is 0.226 e. The zero-order chi connectivity index (χ0) is 17.7. The maximum Gasteiger partial charge on any atom is 0.226 e. The van der Waals surface area contributed by atoms with E-state index >= 15 is 0 Å². The van der Waals surface area contributed by atoms with Gasteiger partial charge < -0.3 is 15.1 Å². The maximum atomic E-state index is 11.6. The number of sulfone groups is 1. The molecular formula is C17H22N4O3S. The zero-order valence-electron chi connectivity index (χ0n) is 14.1. The predicted molar refractivity (Wildman–Crippen MR) is 96.9 cm³/mol. The summed E-state index contributed by atoms with van der Waals surface area (Å²) in [6.07, 6.45) is 2.20. The second kappa shape index (κ2) is 7.69. The Labute approximate surface area is 147 Å². The fourth-order valence-electron chi connectivity index (χ4n) is 2.68. The van der Waals surface area contributed by atoms with Crippen LogP contribution in [0.4, 0.5) is 0 Å². The fraction of sp³-hybridized carbons (Fsp3) is 0.412. The molecule has 1 atom stereocenters. The summed E-state index contributed by atoms with van der Waals surface area (Å²) in [6, 6.07) is 9.58. The highest BCUT2D eigenvalue weighted by molar-refractivity contribution is 7.91. The minimum absolute atomic E-state index is 0.0972. The van der Waals surface area contributed by atoms with Gasteiger partial charge in [-0.05, 0) is 25.5 Å². The molecule has 0 aliphatic carbocycles. The van der Waals surface area contributed by atoms with Gasteiger partial charge in [-0.1, -0.05) is 18.2 Å². The molecule has 1 aliphatic heterocycles. The first-order valence-corrected chi connectivity index (χ1v) is 10.1. The van der Waals surface area contributed by atoms with E-state index in [2.05, 4.69) is 20.6 Å². The van der Waals surface area contributed by atoms with Gasteiger partial charge in [0.1, 0.15) is 12.0 Å². The van der Waals surface area contributed by atoms with E-state index in [1.54, 1.807) is 6.26 Å². The van der Waals surface area contributed by atoms with E-state index in [1.807, 2.05) is 37.3 Å². The molecule has 0 amide bonds. The van der Waals surface area contributed by atoms with Crippen LogP contribution in [-0.2, 0) is 16.4 Å². The van der Waals surface area contributed by atoms with Crippen molar-refractivity contribution >= 4 is 15.8 Å². The van der Waals surface area contributed by atoms with E-state index in [0.29, 0.717) is 31.4 Å². The van der Waals surface area contributed by atoms with Crippen LogP contribution >= 0.6 is 0 Å². The summed E-state index contributed by atoms with van der Waals surface area (Å²) in [5.41, 5.74) is 1.63. The van der Waals surface area contributed by atoms with E-state index in [9.17, 15) is 8.42 Å². The number of benzene rings is 1. The highest BCUT2D eigenvalue weighted by Crippen LogP contribution is 2.18. The van der Waals surface area contributed by atoms with E-state index in [4.69, 9.17) is 4.42 Å². The summed E-state index contributed by atoms with van der Waals surface area (Å²) in [4.78, 5) is 8.92. The molecule has 3 rings (SSSR count). The lowest BCUT2D eigenvalue weighted by molar-refractivity contribution is 0.572. The van der Waals surface area contributed by atoms with Crippen LogP contribution in [0.25, 0.3) is 11.5 Å². The van der Waals surface area contributed by atoms with Crippen molar-refractivity contribution in [3.05, 3.63) is 42.3 Å². The minimum atomic E-state index is -2.92. The highest BCUT2D eigenvalue weighted by Gasteiger charge is 2.28. The molecule has 0 radical (unpaired) electrons. The van der Waals surface area contributed by atoms with Gasteiger partial charge in [0.05, 0.1) is 18.1 Å². The molecular weight excluding hydrogens is 340 g/mol. The lowest BCUT2D eigenvalue weighted by Crippen LogP contribution is -2.44. The maximum absolute atomic E-state index is 11.6. The van der Waals surface area contributed by atoms with Crippen molar-refractivity contribution in [2.45, 2.75) is 25.9 Å². The summed E-state index contributed by atoms with van der Waals surface area (Å²) in [5.74, 6) is 1.53. The van der Waals surface area contributed by atoms with Crippen LogP contribution in [0.2, 0.25) is 0 Å². The topological polar surface area (TPSA) is 96.6 Å². The molecule has 1 aliphatic rings. The zero-order valence-corrected chi connectivity index (χ0v) is 14.9. The summed E-state index contributed by atoms with van der Waals surface area (Å²) in [5, 5.41) is 6.31. The van der Waals surface area contributed by atoms with Gasteiger partial charge in [-0.25, -0.2) is 18.4 Å². The number of nitrogens with one attached hydrogen (secondary N) is 2. The number of guanidine groups is 1. The summed E-state index contributed by atoms with van der Waals surface area (Å²) in [6.45, 7) is 3.01. The average Bonchev–Trinajstić information content (AvgIpc) is 3.20. The third kappa shape index (κ3) is 4.82. The van der Waals surface area contributed by atoms with Crippen LogP contribution in [0.1, 0.15) is 19.0 Å². The lowest BCUT2D eigenvalue weighted by atomic mass is 10.2. The molecule has 8 heteroatoms. The van der Waals surface area contributed by atoms with E-state index in [-0.39, 0.29) is 17.5 Å². The number of aromatic nitrogens is 1. The number of hydrogen-bond acceptors (Lipinski definition) is 5. The first-order valence-electron chi connectivity index (χ1n) is 8.31. The third-order valence-corrected chi connectivity index (χ3v) is 5.66. The standard InChI is InChI=1S/C17H22N4O3S/c1-2-18-17(21-14-8-9-25(22,23)12-14)19-10-15-11-24-16(20-15)13-6-4-3-5-7-13/h3-7,11,14H,2,8-10,12H2,1H3,(H2,18,19,21). The van der Waals surface area contributed by atoms with E-state index in [0.717, 1.165) is 11.3 Å². The first-order chi connectivity index (χ1) is 12.1. The number of oxazole rings is 1. The molecule has 1 fully saturated rings. The molecule has 2 aromatic rings. The Kier molecular flexibility index (Phi) is 5.37. The first kappa shape index (κ1) is 17.5. The molecule has 7 nitrogen and oxygen atoms in total. The lowest BCUT2D eigenvalue weighted by Gasteiger charge is -2.15. The molecule has 1 saturated heterocycles. The van der Waals surface area contributed by atoms with E-state index in [1.165, 1.54) is 0 Å². The monoisotopic (exact) mass is 362 g/mol. The predicted octanol–water partition coefficient (Wildman–Crippen LogP) is 1.58. The molecule has 1 aromatic heterocycles. The van der Waals surface area contributed by atoms with Gasteiger partial charge in [-0.2, -0.15) is 0 Å². The third-order valence-electron chi connectivity index (χ3n) is 3.89. The van der Waals surface area contributed by atoms with Gasteiger partial charge in [0, 0.05) is 18.2 Å². The van der Waals surface area contributed by atoms with Crippen LogP contribution in [-0.4, -0.2) is 43.5 Å². The molecule has 25 heavy (non-hydrogen) atoms. The highest BCUT2D eigenvalue weighted by atomic mass is 32.2. The largest absolute Gasteiger partial charge is 0.444 e. The normalized spacial score (nSPS) is 19.7. The Morgan fingerprint density at radius 2 is 2.16 bits per heavy atom. The van der Waals surface area contributed by atoms with Crippen molar-refractivity contribution in [1.82, 2.24) is 15.6 Å². The number of rotatable bonds is 5. The van der Waals surface area contributed by atoms with Gasteiger partial charge in [0.15, 0.2) is 15.8 Å². The van der Waals surface area contributed by atoms with Gasteiger partial charge in [-0.3, -0.25) is 0 Å². The Bertz CT molecular complexity index is 831. The molecule has 2 heterocycles. The Morgan fingerprint density at radius 1 is 1.36 bits per heavy atom. The molecule has 0 bridgehead atoms. The Morgan fingerprint density at radius 3 is 2.84 bits per heavy atom. The van der Waals surface area contributed by atoms with E-state index < -0.39 is 9.84 Å². The van der Waals surface area contributed by atoms with Gasteiger partial charge >= 0.3 is 0 Å². The van der Waals surface area contributed by atoms with Crippen molar-refractivity contribution in [3.8, 4) is 11.5 Å². The van der Waals surface area contributed by atoms with Crippen molar-refractivity contribution in [3.63, 3.8) is 0 Å². The molecule has 134 valence electrons. The van der Waals surface area contributed by atoms with Crippen LogP contribution in [0, 0.1) is 0 Å².